The van der Waals surface area contributed by atoms with Gasteiger partial charge in [-0.3, -0.25) is 4.99 Å². The maximum absolute atomic E-state index is 4.41. The van der Waals surface area contributed by atoms with Gasteiger partial charge in [0.1, 0.15) is 0 Å². The van der Waals surface area contributed by atoms with Crippen LogP contribution >= 0.6 is 35.3 Å². The molecule has 0 saturated carbocycles. The molecule has 0 aliphatic carbocycles. The number of hydrogen-bond donors (Lipinski definition) is 1. The lowest BCUT2D eigenvalue weighted by Crippen LogP contribution is -2.52. The summed E-state index contributed by atoms with van der Waals surface area (Å²) in [6, 6.07) is 4.33. The van der Waals surface area contributed by atoms with E-state index in [-0.39, 0.29) is 24.0 Å². The third kappa shape index (κ3) is 5.65. The van der Waals surface area contributed by atoms with Crippen LogP contribution in [0.2, 0.25) is 0 Å². The molecule has 0 amide bonds. The maximum Gasteiger partial charge on any atom is 0.193 e. The molecular formula is C15H27IN4S. The zero-order chi connectivity index (χ0) is 14.2. The fourth-order valence-corrected chi connectivity index (χ4v) is 3.28. The van der Waals surface area contributed by atoms with Crippen LogP contribution in [0, 0.1) is 0 Å². The minimum Gasteiger partial charge on any atom is -0.360 e. The predicted molar refractivity (Wildman–Crippen MR) is 104 cm³/mol. The number of thiophene rings is 1. The van der Waals surface area contributed by atoms with Crippen molar-refractivity contribution in [1.29, 1.82) is 0 Å². The van der Waals surface area contributed by atoms with Crippen molar-refractivity contribution < 1.29 is 0 Å². The minimum atomic E-state index is 0. The first-order chi connectivity index (χ1) is 9.85. The van der Waals surface area contributed by atoms with E-state index in [0.717, 1.165) is 38.7 Å². The second-order valence-electron chi connectivity index (χ2n) is 5.11. The summed E-state index contributed by atoms with van der Waals surface area (Å²) in [6.45, 7) is 7.52. The van der Waals surface area contributed by atoms with Gasteiger partial charge in [0, 0.05) is 39.8 Å². The van der Waals surface area contributed by atoms with Crippen LogP contribution in [0.1, 0.15) is 26.2 Å². The Morgan fingerprint density at radius 2 is 2.05 bits per heavy atom. The van der Waals surface area contributed by atoms with Gasteiger partial charge < -0.3 is 15.1 Å². The van der Waals surface area contributed by atoms with Crippen molar-refractivity contribution >= 4 is 46.3 Å². The van der Waals surface area contributed by atoms with Crippen molar-refractivity contribution in [3.8, 4) is 0 Å². The highest BCUT2D eigenvalue weighted by atomic mass is 127. The average molecular weight is 422 g/mol. The Balaban J connectivity index is 0.00000220. The van der Waals surface area contributed by atoms with Crippen LogP contribution < -0.4 is 10.2 Å². The fourth-order valence-electron chi connectivity index (χ4n) is 2.50. The zero-order valence-electron chi connectivity index (χ0n) is 13.0. The van der Waals surface area contributed by atoms with Crippen molar-refractivity contribution in [2.45, 2.75) is 26.2 Å². The largest absolute Gasteiger partial charge is 0.360 e. The first-order valence-corrected chi connectivity index (χ1v) is 8.47. The topological polar surface area (TPSA) is 30.9 Å². The number of aliphatic imine (C=N–C) groups is 1. The number of unbranched alkanes of at least 4 members (excludes halogenated alkanes) is 2. The molecule has 0 bridgehead atoms. The second-order valence-corrected chi connectivity index (χ2v) is 6.03. The van der Waals surface area contributed by atoms with E-state index in [0.29, 0.717) is 0 Å². The van der Waals surface area contributed by atoms with Crippen molar-refractivity contribution in [3.05, 3.63) is 17.5 Å². The number of halogens is 1. The normalized spacial score (nSPS) is 15.8. The summed E-state index contributed by atoms with van der Waals surface area (Å²) in [6.07, 6.45) is 3.78. The maximum atomic E-state index is 4.41. The van der Waals surface area contributed by atoms with Gasteiger partial charge in [0.2, 0.25) is 0 Å². The Kier molecular flexibility index (Phi) is 9.07. The molecule has 1 aromatic heterocycles. The van der Waals surface area contributed by atoms with Gasteiger partial charge in [0.25, 0.3) is 0 Å². The number of rotatable bonds is 5. The first-order valence-electron chi connectivity index (χ1n) is 7.59. The van der Waals surface area contributed by atoms with E-state index in [2.05, 4.69) is 44.5 Å². The van der Waals surface area contributed by atoms with Crippen LogP contribution in [0.4, 0.5) is 5.00 Å². The second kappa shape index (κ2) is 10.3. The highest BCUT2D eigenvalue weighted by molar-refractivity contribution is 14.0. The molecule has 1 aliphatic heterocycles. The van der Waals surface area contributed by atoms with Gasteiger partial charge in [-0.05, 0) is 23.9 Å². The Hall–Kier alpha value is -0.500. The van der Waals surface area contributed by atoms with E-state index >= 15 is 0 Å². The van der Waals surface area contributed by atoms with Gasteiger partial charge in [-0.2, -0.15) is 0 Å². The third-order valence-corrected chi connectivity index (χ3v) is 4.60. The molecule has 2 rings (SSSR count). The molecular weight excluding hydrogens is 395 g/mol. The Morgan fingerprint density at radius 3 is 2.62 bits per heavy atom. The van der Waals surface area contributed by atoms with Crippen molar-refractivity contribution in [2.75, 3.05) is 44.7 Å². The summed E-state index contributed by atoms with van der Waals surface area (Å²) in [5.41, 5.74) is 0. The predicted octanol–water partition coefficient (Wildman–Crippen LogP) is 3.25. The summed E-state index contributed by atoms with van der Waals surface area (Å²) in [7, 11) is 1.88. The molecule has 6 heteroatoms. The number of nitrogens with zero attached hydrogens (tertiary/aromatic N) is 3. The number of piperazine rings is 1. The average Bonchev–Trinajstić information content (AvgIpc) is 3.02. The van der Waals surface area contributed by atoms with E-state index in [1.54, 1.807) is 0 Å². The Morgan fingerprint density at radius 1 is 1.29 bits per heavy atom. The van der Waals surface area contributed by atoms with Crippen molar-refractivity contribution in [1.82, 2.24) is 10.2 Å². The summed E-state index contributed by atoms with van der Waals surface area (Å²) in [5.74, 6) is 1.06. The molecule has 21 heavy (non-hydrogen) atoms. The van der Waals surface area contributed by atoms with Crippen LogP contribution in [0.5, 0.6) is 0 Å². The van der Waals surface area contributed by atoms with E-state index in [1.165, 1.54) is 24.3 Å². The van der Waals surface area contributed by atoms with Crippen LogP contribution in [-0.4, -0.2) is 50.6 Å². The molecule has 0 radical (unpaired) electrons. The van der Waals surface area contributed by atoms with Crippen LogP contribution in [-0.2, 0) is 0 Å². The van der Waals surface area contributed by atoms with Crippen LogP contribution in [0.3, 0.4) is 0 Å². The Labute approximate surface area is 149 Å². The first kappa shape index (κ1) is 18.5. The van der Waals surface area contributed by atoms with Gasteiger partial charge in [0.05, 0.1) is 5.00 Å². The molecule has 1 aromatic rings. The lowest BCUT2D eigenvalue weighted by molar-refractivity contribution is 0.373. The van der Waals surface area contributed by atoms with Gasteiger partial charge in [-0.15, -0.1) is 35.3 Å². The highest BCUT2D eigenvalue weighted by Gasteiger charge is 2.19. The lowest BCUT2D eigenvalue weighted by Gasteiger charge is -2.37. The number of nitrogens with one attached hydrogen (secondary N) is 1. The van der Waals surface area contributed by atoms with E-state index in [9.17, 15) is 0 Å². The number of anilines is 1. The van der Waals surface area contributed by atoms with Gasteiger partial charge in [-0.25, -0.2) is 0 Å². The smallest absolute Gasteiger partial charge is 0.193 e. The SMILES string of the molecule is CCCCCNC(=NC)N1CCN(c2cccs2)CC1.I. The molecule has 4 nitrogen and oxygen atoms in total. The van der Waals surface area contributed by atoms with Gasteiger partial charge in [-0.1, -0.05) is 19.8 Å². The quantitative estimate of drug-likeness (QED) is 0.342. The van der Waals surface area contributed by atoms with Crippen molar-refractivity contribution in [3.63, 3.8) is 0 Å². The van der Waals surface area contributed by atoms with E-state index in [4.69, 9.17) is 0 Å². The van der Waals surface area contributed by atoms with E-state index < -0.39 is 0 Å². The summed E-state index contributed by atoms with van der Waals surface area (Å²) >= 11 is 1.83. The molecule has 0 unspecified atom stereocenters. The molecule has 0 aromatic carbocycles. The summed E-state index contributed by atoms with van der Waals surface area (Å²) in [4.78, 5) is 9.25. The van der Waals surface area contributed by atoms with E-state index in [1.807, 2.05) is 18.4 Å². The lowest BCUT2D eigenvalue weighted by atomic mass is 10.2. The van der Waals surface area contributed by atoms with Crippen molar-refractivity contribution in [2.24, 2.45) is 4.99 Å². The number of guanidine groups is 1. The molecule has 1 fully saturated rings. The monoisotopic (exact) mass is 422 g/mol. The zero-order valence-corrected chi connectivity index (χ0v) is 16.2. The molecule has 1 N–H and O–H groups in total. The fraction of sp³-hybridized carbons (Fsp3) is 0.667. The van der Waals surface area contributed by atoms with Crippen LogP contribution in [0.25, 0.3) is 0 Å². The Bertz CT molecular complexity index is 400. The number of hydrogen-bond acceptors (Lipinski definition) is 3. The summed E-state index contributed by atoms with van der Waals surface area (Å²) in [5, 5.41) is 7.02. The standard InChI is InChI=1S/C15H26N4S.HI/c1-3-4-5-8-17-15(16-2)19-11-9-18(10-12-19)14-7-6-13-20-14;/h6-7,13H,3-5,8-12H2,1-2H3,(H,16,17);1H. The molecule has 2 heterocycles. The summed E-state index contributed by atoms with van der Waals surface area (Å²) < 4.78 is 0. The minimum absolute atomic E-state index is 0. The molecule has 1 saturated heterocycles. The molecule has 120 valence electrons. The highest BCUT2D eigenvalue weighted by Crippen LogP contribution is 2.22. The van der Waals surface area contributed by atoms with Crippen LogP contribution in [0.15, 0.2) is 22.5 Å². The molecule has 0 atom stereocenters. The molecule has 1 aliphatic rings. The van der Waals surface area contributed by atoms with Gasteiger partial charge >= 0.3 is 0 Å². The van der Waals surface area contributed by atoms with Gasteiger partial charge in [0.15, 0.2) is 5.96 Å². The molecule has 0 spiro atoms. The third-order valence-electron chi connectivity index (χ3n) is 3.67.